The number of esters is 1. The van der Waals surface area contributed by atoms with Gasteiger partial charge in [-0.05, 0) is 36.5 Å². The predicted octanol–water partition coefficient (Wildman–Crippen LogP) is 0.748. The van der Waals surface area contributed by atoms with Crippen molar-refractivity contribution in [2.24, 2.45) is 29.6 Å². The van der Waals surface area contributed by atoms with E-state index in [9.17, 15) is 4.79 Å². The fourth-order valence-corrected chi connectivity index (χ4v) is 4.85. The lowest BCUT2D eigenvalue weighted by Crippen LogP contribution is -2.37. The SMILES string of the molecule is O=C(OCCO)C1C[C@H]2C[C@@H]1C1C2[C@@H]2C=C[C@H]1O2. The molecule has 3 unspecified atom stereocenters. The van der Waals surface area contributed by atoms with Crippen LogP contribution in [0.2, 0.25) is 0 Å². The van der Waals surface area contributed by atoms with Gasteiger partial charge >= 0.3 is 5.97 Å². The molecule has 2 aliphatic carbocycles. The van der Waals surface area contributed by atoms with E-state index in [1.54, 1.807) is 0 Å². The van der Waals surface area contributed by atoms with Gasteiger partial charge in [0, 0.05) is 0 Å². The molecule has 2 saturated carbocycles. The highest BCUT2D eigenvalue weighted by Gasteiger charge is 2.63. The molecule has 1 saturated heterocycles. The Morgan fingerprint density at radius 1 is 1.28 bits per heavy atom. The van der Waals surface area contributed by atoms with Crippen LogP contribution in [-0.4, -0.2) is 36.5 Å². The average molecular weight is 250 g/mol. The molecule has 0 radical (unpaired) electrons. The van der Waals surface area contributed by atoms with E-state index in [4.69, 9.17) is 14.6 Å². The molecule has 18 heavy (non-hydrogen) atoms. The van der Waals surface area contributed by atoms with E-state index in [1.165, 1.54) is 0 Å². The monoisotopic (exact) mass is 250 g/mol. The van der Waals surface area contributed by atoms with Crippen LogP contribution in [0.25, 0.3) is 0 Å². The largest absolute Gasteiger partial charge is 0.463 e. The summed E-state index contributed by atoms with van der Waals surface area (Å²) in [4.78, 5) is 12.0. The normalized spacial score (nSPS) is 50.8. The highest BCUT2D eigenvalue weighted by molar-refractivity contribution is 5.73. The molecule has 2 heterocycles. The Balaban J connectivity index is 1.52. The number of hydrogen-bond donors (Lipinski definition) is 1. The second-order valence-corrected chi connectivity index (χ2v) is 6.00. The first-order chi connectivity index (χ1) is 8.79. The van der Waals surface area contributed by atoms with Crippen molar-refractivity contribution in [3.05, 3.63) is 12.2 Å². The van der Waals surface area contributed by atoms with Crippen molar-refractivity contribution < 1.29 is 19.4 Å². The van der Waals surface area contributed by atoms with Gasteiger partial charge in [0.15, 0.2) is 0 Å². The van der Waals surface area contributed by atoms with Gasteiger partial charge in [0.1, 0.15) is 6.61 Å². The van der Waals surface area contributed by atoms with Crippen LogP contribution in [-0.2, 0) is 14.3 Å². The third kappa shape index (κ3) is 1.30. The summed E-state index contributed by atoms with van der Waals surface area (Å²) in [7, 11) is 0. The van der Waals surface area contributed by atoms with Gasteiger partial charge in [0.2, 0.25) is 0 Å². The van der Waals surface area contributed by atoms with Crippen LogP contribution in [0.5, 0.6) is 0 Å². The van der Waals surface area contributed by atoms with E-state index in [-0.39, 0.29) is 31.2 Å². The van der Waals surface area contributed by atoms with Crippen molar-refractivity contribution in [1.29, 1.82) is 0 Å². The number of ether oxygens (including phenoxy) is 2. The van der Waals surface area contributed by atoms with Crippen LogP contribution < -0.4 is 0 Å². The lowest BCUT2D eigenvalue weighted by Gasteiger charge is -2.33. The van der Waals surface area contributed by atoms with Crippen molar-refractivity contribution >= 4 is 5.97 Å². The Morgan fingerprint density at radius 3 is 2.83 bits per heavy atom. The molecule has 4 bridgehead atoms. The molecule has 0 aromatic heterocycles. The van der Waals surface area contributed by atoms with Gasteiger partial charge in [-0.3, -0.25) is 4.79 Å². The molecule has 0 spiro atoms. The van der Waals surface area contributed by atoms with Crippen molar-refractivity contribution in [2.45, 2.75) is 25.0 Å². The molecule has 4 heteroatoms. The zero-order valence-electron chi connectivity index (χ0n) is 10.2. The minimum absolute atomic E-state index is 0.0409. The van der Waals surface area contributed by atoms with E-state index < -0.39 is 0 Å². The summed E-state index contributed by atoms with van der Waals surface area (Å²) in [6, 6.07) is 0. The maximum absolute atomic E-state index is 12.0. The summed E-state index contributed by atoms with van der Waals surface area (Å²) in [5.41, 5.74) is 0. The summed E-state index contributed by atoms with van der Waals surface area (Å²) in [5.74, 6) is 2.18. The summed E-state index contributed by atoms with van der Waals surface area (Å²) in [6.07, 6.45) is 7.03. The molecule has 0 aromatic rings. The minimum Gasteiger partial charge on any atom is -0.463 e. The summed E-state index contributed by atoms with van der Waals surface area (Å²) in [6.45, 7) is 0.0401. The number of rotatable bonds is 3. The maximum atomic E-state index is 12.0. The second-order valence-electron chi connectivity index (χ2n) is 6.00. The molecule has 98 valence electrons. The number of hydrogen-bond acceptors (Lipinski definition) is 4. The van der Waals surface area contributed by atoms with E-state index in [0.29, 0.717) is 29.8 Å². The van der Waals surface area contributed by atoms with Crippen LogP contribution in [0.15, 0.2) is 12.2 Å². The lowest BCUT2D eigenvalue weighted by atomic mass is 9.69. The first kappa shape index (κ1) is 11.0. The molecule has 4 rings (SSSR count). The Morgan fingerprint density at radius 2 is 2.06 bits per heavy atom. The van der Waals surface area contributed by atoms with E-state index in [1.807, 2.05) is 0 Å². The molecular formula is C14H18O4. The van der Waals surface area contributed by atoms with Crippen LogP contribution in [0.4, 0.5) is 0 Å². The molecule has 1 N–H and O–H groups in total. The van der Waals surface area contributed by atoms with Crippen LogP contribution in [0, 0.1) is 29.6 Å². The number of fused-ring (bicyclic) bond motifs is 9. The molecule has 2 aliphatic heterocycles. The predicted molar refractivity (Wildman–Crippen MR) is 62.5 cm³/mol. The molecule has 0 amide bonds. The van der Waals surface area contributed by atoms with Gasteiger partial charge in [-0.1, -0.05) is 12.2 Å². The van der Waals surface area contributed by atoms with Gasteiger partial charge in [0.05, 0.1) is 24.7 Å². The van der Waals surface area contributed by atoms with Crippen molar-refractivity contribution in [3.63, 3.8) is 0 Å². The number of carbonyl (C=O) groups excluding carboxylic acids is 1. The van der Waals surface area contributed by atoms with Gasteiger partial charge in [-0.15, -0.1) is 0 Å². The smallest absolute Gasteiger partial charge is 0.309 e. The van der Waals surface area contributed by atoms with Gasteiger partial charge in [-0.2, -0.15) is 0 Å². The fourth-order valence-electron chi connectivity index (χ4n) is 4.85. The van der Waals surface area contributed by atoms with E-state index in [2.05, 4.69) is 12.2 Å². The van der Waals surface area contributed by atoms with Crippen LogP contribution in [0.3, 0.4) is 0 Å². The Kier molecular flexibility index (Phi) is 2.33. The van der Waals surface area contributed by atoms with Crippen LogP contribution >= 0.6 is 0 Å². The van der Waals surface area contributed by atoms with Gasteiger partial charge < -0.3 is 14.6 Å². The van der Waals surface area contributed by atoms with Gasteiger partial charge in [0.25, 0.3) is 0 Å². The van der Waals surface area contributed by atoms with Crippen molar-refractivity contribution in [2.75, 3.05) is 13.2 Å². The van der Waals surface area contributed by atoms with Gasteiger partial charge in [-0.25, -0.2) is 0 Å². The highest BCUT2D eigenvalue weighted by Crippen LogP contribution is 2.63. The molecule has 7 atom stereocenters. The van der Waals surface area contributed by atoms with Crippen molar-refractivity contribution in [3.8, 4) is 0 Å². The average Bonchev–Trinajstić information content (AvgIpc) is 3.10. The van der Waals surface area contributed by atoms with E-state index >= 15 is 0 Å². The Hall–Kier alpha value is -0.870. The Bertz CT molecular complexity index is 405. The number of aliphatic hydroxyl groups excluding tert-OH is 1. The molecular weight excluding hydrogens is 232 g/mol. The lowest BCUT2D eigenvalue weighted by molar-refractivity contribution is -0.152. The maximum Gasteiger partial charge on any atom is 0.309 e. The fraction of sp³-hybridized carbons (Fsp3) is 0.786. The molecule has 4 aliphatic rings. The second kappa shape index (κ2) is 3.81. The third-order valence-corrected chi connectivity index (χ3v) is 5.33. The molecule has 4 nitrogen and oxygen atoms in total. The number of aliphatic hydroxyl groups is 1. The highest BCUT2D eigenvalue weighted by atomic mass is 16.5. The first-order valence-electron chi connectivity index (χ1n) is 6.91. The summed E-state index contributed by atoms with van der Waals surface area (Å²) < 4.78 is 11.0. The zero-order valence-corrected chi connectivity index (χ0v) is 10.2. The van der Waals surface area contributed by atoms with Crippen molar-refractivity contribution in [1.82, 2.24) is 0 Å². The van der Waals surface area contributed by atoms with E-state index in [0.717, 1.165) is 12.8 Å². The molecule has 3 fully saturated rings. The minimum atomic E-state index is -0.109. The van der Waals surface area contributed by atoms with Crippen LogP contribution in [0.1, 0.15) is 12.8 Å². The first-order valence-corrected chi connectivity index (χ1v) is 6.91. The molecule has 0 aromatic carbocycles. The topological polar surface area (TPSA) is 55.8 Å². The standard InChI is InChI=1S/C14H18O4/c15-3-4-17-14(16)9-6-7-5-8(9)13-11-2-1-10(18-11)12(7)13/h1-2,7-13,15H,3-6H2/t7-,8+,9?,10+,11-,12?,13?/m1/s1. The Labute approximate surface area is 106 Å². The summed E-state index contributed by atoms with van der Waals surface area (Å²) in [5, 5.41) is 8.72. The number of carbonyl (C=O) groups is 1. The zero-order chi connectivity index (χ0) is 12.3. The third-order valence-electron chi connectivity index (χ3n) is 5.33. The summed E-state index contributed by atoms with van der Waals surface area (Å²) >= 11 is 0. The quantitative estimate of drug-likeness (QED) is 0.593.